The van der Waals surface area contributed by atoms with Crippen LogP contribution in [-0.2, 0) is 4.79 Å². The van der Waals surface area contributed by atoms with Gasteiger partial charge in [-0.15, -0.1) is 24.0 Å². The van der Waals surface area contributed by atoms with Crippen LogP contribution >= 0.6 is 24.0 Å². The van der Waals surface area contributed by atoms with Gasteiger partial charge in [0.25, 0.3) is 0 Å². The number of carbonyl (C=O) groups is 1. The molecule has 152 valence electrons. The highest BCUT2D eigenvalue weighted by molar-refractivity contribution is 14.0. The molecule has 8 heteroatoms. The van der Waals surface area contributed by atoms with Gasteiger partial charge in [-0.25, -0.2) is 4.98 Å². The van der Waals surface area contributed by atoms with Crippen LogP contribution in [0, 0.1) is 0 Å². The molecule has 1 aromatic rings. The van der Waals surface area contributed by atoms with Crippen LogP contribution in [0.3, 0.4) is 0 Å². The molecule has 1 aliphatic rings. The van der Waals surface area contributed by atoms with Crippen LogP contribution < -0.4 is 10.2 Å². The molecule has 1 N–H and O–H groups in total. The highest BCUT2D eigenvalue weighted by atomic mass is 127. The predicted octanol–water partition coefficient (Wildman–Crippen LogP) is 2.05. The third-order valence-electron chi connectivity index (χ3n) is 4.65. The van der Waals surface area contributed by atoms with Crippen LogP contribution in [0.5, 0.6) is 0 Å². The summed E-state index contributed by atoms with van der Waals surface area (Å²) in [7, 11) is 3.81. The molecule has 1 amide bonds. The molecule has 27 heavy (non-hydrogen) atoms. The molecule has 1 aromatic heterocycles. The summed E-state index contributed by atoms with van der Waals surface area (Å²) in [5, 5.41) is 3.29. The van der Waals surface area contributed by atoms with Gasteiger partial charge in [-0.05, 0) is 18.6 Å². The highest BCUT2D eigenvalue weighted by Crippen LogP contribution is 2.12. The van der Waals surface area contributed by atoms with Gasteiger partial charge in [-0.3, -0.25) is 9.79 Å². The van der Waals surface area contributed by atoms with Gasteiger partial charge in [0.1, 0.15) is 5.82 Å². The molecule has 0 radical (unpaired) electrons. The van der Waals surface area contributed by atoms with Crippen LogP contribution in [0.2, 0.25) is 0 Å². The van der Waals surface area contributed by atoms with Crippen molar-refractivity contribution in [2.24, 2.45) is 4.99 Å². The molecule has 0 atom stereocenters. The van der Waals surface area contributed by atoms with Gasteiger partial charge in [0.15, 0.2) is 5.96 Å². The minimum absolute atomic E-state index is 0. The quantitative estimate of drug-likeness (QED) is 0.362. The standard InChI is InChI=1S/C19H32N6O.HI/c1-4-5-12-23(3)19(20-2)22-11-9-18(26)25-15-13-24(14-16-25)17-8-6-7-10-21-17;/h6-8,10H,4-5,9,11-16H2,1-3H3,(H,20,22);1H. The van der Waals surface area contributed by atoms with Crippen molar-refractivity contribution < 1.29 is 4.79 Å². The second-order valence-corrected chi connectivity index (χ2v) is 6.55. The molecule has 1 aliphatic heterocycles. The van der Waals surface area contributed by atoms with Crippen LogP contribution in [0.1, 0.15) is 26.2 Å². The number of unbranched alkanes of at least 4 members (excludes halogenated alkanes) is 1. The maximum absolute atomic E-state index is 12.5. The van der Waals surface area contributed by atoms with Crippen molar-refractivity contribution in [2.75, 3.05) is 58.3 Å². The number of nitrogens with zero attached hydrogens (tertiary/aromatic N) is 5. The zero-order chi connectivity index (χ0) is 18.8. The Balaban J connectivity index is 0.00000364. The fourth-order valence-corrected chi connectivity index (χ4v) is 3.05. The maximum atomic E-state index is 12.5. The molecule has 0 aromatic carbocycles. The van der Waals surface area contributed by atoms with E-state index in [1.54, 1.807) is 7.05 Å². The normalized spacial score (nSPS) is 14.6. The van der Waals surface area contributed by atoms with E-state index >= 15 is 0 Å². The summed E-state index contributed by atoms with van der Waals surface area (Å²) >= 11 is 0. The number of nitrogens with one attached hydrogen (secondary N) is 1. The Hall–Kier alpha value is -1.58. The van der Waals surface area contributed by atoms with Crippen molar-refractivity contribution in [2.45, 2.75) is 26.2 Å². The Morgan fingerprint density at radius 2 is 2.04 bits per heavy atom. The minimum atomic E-state index is 0. The molecule has 1 fully saturated rings. The Labute approximate surface area is 180 Å². The summed E-state index contributed by atoms with van der Waals surface area (Å²) < 4.78 is 0. The molecule has 0 bridgehead atoms. The summed E-state index contributed by atoms with van der Waals surface area (Å²) in [4.78, 5) is 27.4. The van der Waals surface area contributed by atoms with Crippen molar-refractivity contribution in [3.05, 3.63) is 24.4 Å². The lowest BCUT2D eigenvalue weighted by atomic mass is 10.2. The first-order valence-electron chi connectivity index (χ1n) is 9.51. The molecule has 7 nitrogen and oxygen atoms in total. The summed E-state index contributed by atoms with van der Waals surface area (Å²) in [5.41, 5.74) is 0. The Morgan fingerprint density at radius 1 is 1.30 bits per heavy atom. The van der Waals surface area contributed by atoms with E-state index < -0.39 is 0 Å². The highest BCUT2D eigenvalue weighted by Gasteiger charge is 2.21. The molecule has 1 saturated heterocycles. The minimum Gasteiger partial charge on any atom is -0.356 e. The van der Waals surface area contributed by atoms with Crippen LogP contribution in [0.15, 0.2) is 29.4 Å². The number of hydrogen-bond donors (Lipinski definition) is 1. The SMILES string of the molecule is CCCCN(C)C(=NC)NCCC(=O)N1CCN(c2ccccn2)CC1.I. The molecule has 2 rings (SSSR count). The van der Waals surface area contributed by atoms with E-state index in [-0.39, 0.29) is 29.9 Å². The van der Waals surface area contributed by atoms with Crippen molar-refractivity contribution in [3.63, 3.8) is 0 Å². The van der Waals surface area contributed by atoms with E-state index in [0.717, 1.165) is 57.3 Å². The van der Waals surface area contributed by atoms with Gasteiger partial charge >= 0.3 is 0 Å². The van der Waals surface area contributed by atoms with E-state index in [0.29, 0.717) is 13.0 Å². The molecule has 0 aliphatic carbocycles. The first-order valence-corrected chi connectivity index (χ1v) is 9.51. The lowest BCUT2D eigenvalue weighted by Gasteiger charge is -2.35. The summed E-state index contributed by atoms with van der Waals surface area (Å²) in [6.45, 7) is 6.93. The number of pyridine rings is 1. The topological polar surface area (TPSA) is 64.1 Å². The van der Waals surface area contributed by atoms with Crippen molar-refractivity contribution in [1.29, 1.82) is 0 Å². The zero-order valence-electron chi connectivity index (χ0n) is 16.7. The lowest BCUT2D eigenvalue weighted by molar-refractivity contribution is -0.131. The Bertz CT molecular complexity index is 575. The van der Waals surface area contributed by atoms with E-state index in [1.807, 2.05) is 36.3 Å². The molecule has 0 spiro atoms. The van der Waals surface area contributed by atoms with Crippen LogP contribution in [0.25, 0.3) is 0 Å². The predicted molar refractivity (Wildman–Crippen MR) is 122 cm³/mol. The number of anilines is 1. The number of amides is 1. The summed E-state index contributed by atoms with van der Waals surface area (Å²) in [6, 6.07) is 5.93. The van der Waals surface area contributed by atoms with Crippen molar-refractivity contribution in [3.8, 4) is 0 Å². The monoisotopic (exact) mass is 488 g/mol. The Morgan fingerprint density at radius 3 is 2.63 bits per heavy atom. The first kappa shape index (κ1) is 23.5. The van der Waals surface area contributed by atoms with Gasteiger partial charge in [-0.1, -0.05) is 19.4 Å². The number of carbonyl (C=O) groups excluding carboxylic acids is 1. The van der Waals surface area contributed by atoms with Gasteiger partial charge < -0.3 is 20.0 Å². The van der Waals surface area contributed by atoms with Crippen LogP contribution in [0.4, 0.5) is 5.82 Å². The smallest absolute Gasteiger partial charge is 0.224 e. The molecular formula is C19H33IN6O. The van der Waals surface area contributed by atoms with Crippen LogP contribution in [-0.4, -0.2) is 80.0 Å². The number of rotatable bonds is 7. The van der Waals surface area contributed by atoms with E-state index in [9.17, 15) is 4.79 Å². The lowest BCUT2D eigenvalue weighted by Crippen LogP contribution is -2.49. The van der Waals surface area contributed by atoms with Gasteiger partial charge in [0, 0.05) is 66.0 Å². The largest absolute Gasteiger partial charge is 0.356 e. The first-order chi connectivity index (χ1) is 12.7. The summed E-state index contributed by atoms with van der Waals surface area (Å²) in [6.07, 6.45) is 4.59. The second-order valence-electron chi connectivity index (χ2n) is 6.55. The summed E-state index contributed by atoms with van der Waals surface area (Å²) in [5.74, 6) is 2.04. The van der Waals surface area contributed by atoms with E-state index in [2.05, 4.69) is 32.0 Å². The fraction of sp³-hybridized carbons (Fsp3) is 0.632. The number of guanidine groups is 1. The molecule has 2 heterocycles. The second kappa shape index (κ2) is 12.7. The zero-order valence-corrected chi connectivity index (χ0v) is 19.1. The van der Waals surface area contributed by atoms with Gasteiger partial charge in [0.2, 0.25) is 5.91 Å². The third kappa shape index (κ3) is 7.51. The maximum Gasteiger partial charge on any atom is 0.224 e. The number of aliphatic imine (C=N–C) groups is 1. The molecule has 0 unspecified atom stereocenters. The average Bonchev–Trinajstić information content (AvgIpc) is 2.70. The molecular weight excluding hydrogens is 455 g/mol. The van der Waals surface area contributed by atoms with Gasteiger partial charge in [0.05, 0.1) is 0 Å². The third-order valence-corrected chi connectivity index (χ3v) is 4.65. The number of piperazine rings is 1. The van der Waals surface area contributed by atoms with E-state index in [4.69, 9.17) is 0 Å². The fourth-order valence-electron chi connectivity index (χ4n) is 3.05. The van der Waals surface area contributed by atoms with Crippen molar-refractivity contribution in [1.82, 2.24) is 20.1 Å². The van der Waals surface area contributed by atoms with E-state index in [1.165, 1.54) is 0 Å². The Kier molecular flexibility index (Phi) is 11.1. The van der Waals surface area contributed by atoms with Gasteiger partial charge in [-0.2, -0.15) is 0 Å². The molecule has 0 saturated carbocycles. The number of halogens is 1. The average molecular weight is 488 g/mol. The number of aromatic nitrogens is 1. The van der Waals surface area contributed by atoms with Crippen molar-refractivity contribution >= 4 is 41.7 Å². The number of hydrogen-bond acceptors (Lipinski definition) is 4.